The lowest BCUT2D eigenvalue weighted by Gasteiger charge is -2.20. The second kappa shape index (κ2) is 4.71. The molecule has 19 heavy (non-hydrogen) atoms. The number of hydrogen-bond donors (Lipinski definition) is 3. The van der Waals surface area contributed by atoms with Gasteiger partial charge in [-0.15, -0.1) is 0 Å². The maximum atomic E-state index is 12.3. The smallest absolute Gasteiger partial charge is 0.260 e. The van der Waals surface area contributed by atoms with Gasteiger partial charge >= 0.3 is 0 Å². The molecule has 3 rings (SSSR count). The second-order valence-corrected chi connectivity index (χ2v) is 6.47. The lowest BCUT2D eigenvalue weighted by molar-refractivity contribution is 0.0996. The molecule has 0 aromatic carbocycles. The van der Waals surface area contributed by atoms with E-state index in [2.05, 4.69) is 15.1 Å². The summed E-state index contributed by atoms with van der Waals surface area (Å²) in [5.74, 6) is 5.31. The van der Waals surface area contributed by atoms with Crippen molar-refractivity contribution in [3.63, 3.8) is 0 Å². The SMILES string of the molecule is NNc1cccnc1S(=O)(=O)NC1CC2CCC1O2. The molecule has 2 saturated heterocycles. The number of ether oxygens (including phenoxy) is 1. The van der Waals surface area contributed by atoms with Crippen molar-refractivity contribution in [3.05, 3.63) is 18.3 Å². The fourth-order valence-corrected chi connectivity index (χ4v) is 4.11. The highest BCUT2D eigenvalue weighted by atomic mass is 32.2. The third kappa shape index (κ3) is 2.32. The molecule has 0 aliphatic carbocycles. The van der Waals surface area contributed by atoms with E-state index in [1.807, 2.05) is 0 Å². The maximum Gasteiger partial charge on any atom is 0.260 e. The molecule has 3 heterocycles. The normalized spacial score (nSPS) is 29.6. The summed E-state index contributed by atoms with van der Waals surface area (Å²) in [5, 5.41) is -0.0831. The van der Waals surface area contributed by atoms with Crippen LogP contribution < -0.4 is 16.0 Å². The number of pyridine rings is 1. The van der Waals surface area contributed by atoms with Crippen molar-refractivity contribution in [1.29, 1.82) is 0 Å². The second-order valence-electron chi connectivity index (χ2n) is 4.84. The minimum atomic E-state index is -3.69. The predicted molar refractivity (Wildman–Crippen MR) is 68.7 cm³/mol. The monoisotopic (exact) mass is 284 g/mol. The van der Waals surface area contributed by atoms with Gasteiger partial charge in [-0.3, -0.25) is 5.84 Å². The number of sulfonamides is 1. The van der Waals surface area contributed by atoms with Crippen molar-refractivity contribution in [1.82, 2.24) is 9.71 Å². The van der Waals surface area contributed by atoms with Crippen molar-refractivity contribution in [2.75, 3.05) is 5.43 Å². The molecule has 2 fully saturated rings. The zero-order valence-corrected chi connectivity index (χ0v) is 11.1. The van der Waals surface area contributed by atoms with Crippen LogP contribution in [0.5, 0.6) is 0 Å². The maximum absolute atomic E-state index is 12.3. The summed E-state index contributed by atoms with van der Waals surface area (Å²) in [6.07, 6.45) is 4.24. The number of nitrogens with two attached hydrogens (primary N) is 1. The Bertz CT molecular complexity index is 577. The predicted octanol–water partition coefficient (Wildman–Crippen LogP) is -0.0346. The fraction of sp³-hybridized carbons (Fsp3) is 0.545. The van der Waals surface area contributed by atoms with E-state index in [-0.39, 0.29) is 29.0 Å². The topological polar surface area (TPSA) is 106 Å². The van der Waals surface area contributed by atoms with Crippen LogP contribution in [0.1, 0.15) is 19.3 Å². The number of anilines is 1. The van der Waals surface area contributed by atoms with E-state index >= 15 is 0 Å². The van der Waals surface area contributed by atoms with Crippen LogP contribution in [0, 0.1) is 0 Å². The van der Waals surface area contributed by atoms with Gasteiger partial charge in [-0.2, -0.15) is 0 Å². The largest absolute Gasteiger partial charge is 0.373 e. The highest BCUT2D eigenvalue weighted by Gasteiger charge is 2.43. The Kier molecular flexibility index (Phi) is 3.17. The molecule has 2 bridgehead atoms. The number of nitrogens with one attached hydrogen (secondary N) is 2. The Balaban J connectivity index is 1.83. The first-order chi connectivity index (χ1) is 9.10. The Morgan fingerprint density at radius 3 is 2.89 bits per heavy atom. The van der Waals surface area contributed by atoms with Crippen LogP contribution in [-0.2, 0) is 14.8 Å². The molecule has 3 atom stereocenters. The standard InChI is InChI=1S/C11H16N4O3S/c12-14-8-2-1-5-13-11(8)19(16,17)15-9-6-7-3-4-10(9)18-7/h1-2,5,7,9-10,14-15H,3-4,6,12H2. The minimum absolute atomic E-state index is 0.0160. The van der Waals surface area contributed by atoms with Crippen molar-refractivity contribution < 1.29 is 13.2 Å². The van der Waals surface area contributed by atoms with Crippen molar-refractivity contribution in [3.8, 4) is 0 Å². The van der Waals surface area contributed by atoms with Gasteiger partial charge in [-0.25, -0.2) is 18.1 Å². The molecule has 1 aromatic rings. The number of hydrazine groups is 1. The van der Waals surface area contributed by atoms with Crippen LogP contribution in [0.25, 0.3) is 0 Å². The lowest BCUT2D eigenvalue weighted by Crippen LogP contribution is -2.41. The van der Waals surface area contributed by atoms with Crippen LogP contribution in [0.4, 0.5) is 5.69 Å². The molecule has 4 N–H and O–H groups in total. The number of hydrogen-bond acceptors (Lipinski definition) is 6. The van der Waals surface area contributed by atoms with Gasteiger partial charge in [0.15, 0.2) is 5.03 Å². The molecule has 2 aliphatic rings. The third-order valence-corrected chi connectivity index (χ3v) is 5.04. The van der Waals surface area contributed by atoms with E-state index in [1.54, 1.807) is 12.1 Å². The first-order valence-electron chi connectivity index (χ1n) is 6.19. The molecule has 2 aliphatic heterocycles. The number of rotatable bonds is 4. The first kappa shape index (κ1) is 12.8. The molecule has 7 nitrogen and oxygen atoms in total. The van der Waals surface area contributed by atoms with Gasteiger partial charge in [0, 0.05) is 6.20 Å². The molecule has 1 aromatic heterocycles. The summed E-state index contributed by atoms with van der Waals surface area (Å²) < 4.78 is 32.9. The van der Waals surface area contributed by atoms with E-state index in [1.165, 1.54) is 6.20 Å². The Morgan fingerprint density at radius 2 is 2.26 bits per heavy atom. The lowest BCUT2D eigenvalue weighted by atomic mass is 9.96. The average Bonchev–Trinajstić information content (AvgIpc) is 3.00. The van der Waals surface area contributed by atoms with Crippen LogP contribution in [0.15, 0.2) is 23.4 Å². The Morgan fingerprint density at radius 1 is 1.42 bits per heavy atom. The fourth-order valence-electron chi connectivity index (χ4n) is 2.73. The number of nitrogens with zero attached hydrogens (tertiary/aromatic N) is 1. The minimum Gasteiger partial charge on any atom is -0.373 e. The molecule has 0 amide bonds. The van der Waals surface area contributed by atoms with Gasteiger partial charge in [0.2, 0.25) is 0 Å². The van der Waals surface area contributed by atoms with Gasteiger partial charge in [0.05, 0.1) is 23.9 Å². The summed E-state index contributed by atoms with van der Waals surface area (Å²) in [5.41, 5.74) is 2.62. The quantitative estimate of drug-likeness (QED) is 0.529. The van der Waals surface area contributed by atoms with Gasteiger partial charge in [0.1, 0.15) is 0 Å². The summed E-state index contributed by atoms with van der Waals surface area (Å²) in [6.45, 7) is 0. The van der Waals surface area contributed by atoms with Crippen LogP contribution in [0.3, 0.4) is 0 Å². The van der Waals surface area contributed by atoms with Crippen molar-refractivity contribution >= 4 is 15.7 Å². The summed E-state index contributed by atoms with van der Waals surface area (Å²) >= 11 is 0. The number of nitrogen functional groups attached to an aromatic ring is 1. The average molecular weight is 284 g/mol. The van der Waals surface area contributed by atoms with E-state index in [0.717, 1.165) is 19.3 Å². The number of aromatic nitrogens is 1. The van der Waals surface area contributed by atoms with E-state index in [4.69, 9.17) is 10.6 Å². The van der Waals surface area contributed by atoms with Crippen molar-refractivity contribution in [2.45, 2.75) is 42.5 Å². The Labute approximate surface area is 111 Å². The Hall–Kier alpha value is -1.22. The summed E-state index contributed by atoms with van der Waals surface area (Å²) in [6, 6.07) is 3.02. The van der Waals surface area contributed by atoms with Crippen LogP contribution in [0.2, 0.25) is 0 Å². The van der Waals surface area contributed by atoms with Gasteiger partial charge < -0.3 is 10.2 Å². The van der Waals surface area contributed by atoms with Crippen LogP contribution >= 0.6 is 0 Å². The zero-order valence-electron chi connectivity index (χ0n) is 10.2. The molecular formula is C11H16N4O3S. The third-order valence-electron chi connectivity index (χ3n) is 3.59. The van der Waals surface area contributed by atoms with Gasteiger partial charge in [0.25, 0.3) is 10.0 Å². The van der Waals surface area contributed by atoms with Crippen LogP contribution in [-0.4, -0.2) is 31.7 Å². The first-order valence-corrected chi connectivity index (χ1v) is 7.68. The van der Waals surface area contributed by atoms with Gasteiger partial charge in [-0.1, -0.05) is 0 Å². The zero-order chi connectivity index (χ0) is 13.5. The molecule has 0 spiro atoms. The highest BCUT2D eigenvalue weighted by molar-refractivity contribution is 7.89. The highest BCUT2D eigenvalue weighted by Crippen LogP contribution is 2.35. The van der Waals surface area contributed by atoms with E-state index < -0.39 is 10.0 Å². The summed E-state index contributed by atoms with van der Waals surface area (Å²) in [7, 11) is -3.69. The molecule has 3 unspecified atom stereocenters. The molecule has 0 radical (unpaired) electrons. The van der Waals surface area contributed by atoms with Gasteiger partial charge in [-0.05, 0) is 31.4 Å². The molecule has 8 heteroatoms. The molecular weight excluding hydrogens is 268 g/mol. The molecule has 0 saturated carbocycles. The molecule has 104 valence electrons. The van der Waals surface area contributed by atoms with E-state index in [0.29, 0.717) is 0 Å². The number of fused-ring (bicyclic) bond motifs is 2. The van der Waals surface area contributed by atoms with Crippen molar-refractivity contribution in [2.24, 2.45) is 5.84 Å². The summed E-state index contributed by atoms with van der Waals surface area (Å²) in [4.78, 5) is 3.89. The van der Waals surface area contributed by atoms with E-state index in [9.17, 15) is 8.42 Å².